The van der Waals surface area contributed by atoms with Crippen molar-refractivity contribution in [2.24, 2.45) is 5.92 Å². The summed E-state index contributed by atoms with van der Waals surface area (Å²) in [6.45, 7) is -0.298. The van der Waals surface area contributed by atoms with Gasteiger partial charge in [-0.25, -0.2) is 4.79 Å². The molecule has 0 saturated heterocycles. The van der Waals surface area contributed by atoms with Crippen molar-refractivity contribution in [1.82, 2.24) is 10.6 Å². The molecule has 7 nitrogen and oxygen atoms in total. The van der Waals surface area contributed by atoms with Crippen LogP contribution in [0.3, 0.4) is 0 Å². The number of amides is 3. The maximum atomic E-state index is 11.7. The SMILES string of the molecule is O=C(COC(=O)[C@H]1CC=CCC1)NC(=O)NCc1ccco1. The molecular weight excluding hydrogens is 288 g/mol. The molecule has 0 radical (unpaired) electrons. The number of imide groups is 1. The molecule has 1 aliphatic carbocycles. The number of hydrogen-bond acceptors (Lipinski definition) is 5. The maximum Gasteiger partial charge on any atom is 0.321 e. The summed E-state index contributed by atoms with van der Waals surface area (Å²) in [5.41, 5.74) is 0. The van der Waals surface area contributed by atoms with Gasteiger partial charge in [-0.05, 0) is 31.4 Å². The average Bonchev–Trinajstić information content (AvgIpc) is 3.05. The van der Waals surface area contributed by atoms with E-state index in [1.807, 2.05) is 12.2 Å². The van der Waals surface area contributed by atoms with E-state index >= 15 is 0 Å². The van der Waals surface area contributed by atoms with Crippen molar-refractivity contribution < 1.29 is 23.5 Å². The lowest BCUT2D eigenvalue weighted by atomic mass is 9.95. The van der Waals surface area contributed by atoms with E-state index < -0.39 is 24.5 Å². The summed E-state index contributed by atoms with van der Waals surface area (Å²) in [4.78, 5) is 34.7. The summed E-state index contributed by atoms with van der Waals surface area (Å²) in [5, 5.41) is 4.53. The highest BCUT2D eigenvalue weighted by Crippen LogP contribution is 2.19. The zero-order valence-electron chi connectivity index (χ0n) is 12.0. The summed E-state index contributed by atoms with van der Waals surface area (Å²) in [6.07, 6.45) is 7.61. The van der Waals surface area contributed by atoms with Gasteiger partial charge in [0.1, 0.15) is 5.76 Å². The lowest BCUT2D eigenvalue weighted by molar-refractivity contribution is -0.152. The monoisotopic (exact) mass is 306 g/mol. The molecule has 1 aromatic rings. The van der Waals surface area contributed by atoms with Crippen molar-refractivity contribution in [1.29, 1.82) is 0 Å². The van der Waals surface area contributed by atoms with Crippen LogP contribution in [0, 0.1) is 5.92 Å². The summed E-state index contributed by atoms with van der Waals surface area (Å²) in [7, 11) is 0. The quantitative estimate of drug-likeness (QED) is 0.634. The van der Waals surface area contributed by atoms with Gasteiger partial charge in [0.05, 0.1) is 18.7 Å². The number of rotatable bonds is 5. The van der Waals surface area contributed by atoms with E-state index in [9.17, 15) is 14.4 Å². The molecule has 0 fully saturated rings. The molecule has 1 atom stereocenters. The average molecular weight is 306 g/mol. The van der Waals surface area contributed by atoms with E-state index in [2.05, 4.69) is 10.6 Å². The molecule has 118 valence electrons. The van der Waals surface area contributed by atoms with E-state index in [1.165, 1.54) is 6.26 Å². The number of ether oxygens (including phenoxy) is 1. The molecule has 0 aliphatic heterocycles. The molecule has 0 aromatic carbocycles. The van der Waals surface area contributed by atoms with Gasteiger partial charge < -0.3 is 14.5 Å². The van der Waals surface area contributed by atoms with Crippen molar-refractivity contribution in [2.75, 3.05) is 6.61 Å². The van der Waals surface area contributed by atoms with E-state index in [0.29, 0.717) is 12.2 Å². The molecule has 0 saturated carbocycles. The van der Waals surface area contributed by atoms with E-state index in [1.54, 1.807) is 12.1 Å². The number of urea groups is 1. The first kappa shape index (κ1) is 15.8. The van der Waals surface area contributed by atoms with Crippen LogP contribution in [0.25, 0.3) is 0 Å². The normalized spacial score (nSPS) is 16.8. The Labute approximate surface area is 127 Å². The number of furan rings is 1. The highest BCUT2D eigenvalue weighted by molar-refractivity contribution is 5.95. The number of nitrogens with one attached hydrogen (secondary N) is 2. The molecule has 1 aliphatic rings. The van der Waals surface area contributed by atoms with Gasteiger partial charge >= 0.3 is 12.0 Å². The van der Waals surface area contributed by atoms with Crippen LogP contribution in [0.5, 0.6) is 0 Å². The molecule has 2 N–H and O–H groups in total. The molecule has 3 amide bonds. The Balaban J connectivity index is 1.63. The minimum atomic E-state index is -0.670. The molecule has 0 spiro atoms. The molecule has 0 bridgehead atoms. The molecule has 2 rings (SSSR count). The molecular formula is C15H18N2O5. The van der Waals surface area contributed by atoms with Crippen molar-refractivity contribution in [3.05, 3.63) is 36.3 Å². The predicted octanol–water partition coefficient (Wildman–Crippen LogP) is 1.50. The molecule has 1 aromatic heterocycles. The lowest BCUT2D eigenvalue weighted by Crippen LogP contribution is -2.41. The fourth-order valence-electron chi connectivity index (χ4n) is 2.05. The zero-order valence-corrected chi connectivity index (χ0v) is 12.0. The number of esters is 1. The predicted molar refractivity (Wildman–Crippen MR) is 76.5 cm³/mol. The van der Waals surface area contributed by atoms with E-state index in [0.717, 1.165) is 12.8 Å². The minimum Gasteiger partial charge on any atom is -0.467 e. The highest BCUT2D eigenvalue weighted by Gasteiger charge is 2.21. The Kier molecular flexibility index (Phi) is 5.76. The molecule has 0 unspecified atom stereocenters. The third-order valence-electron chi connectivity index (χ3n) is 3.20. The van der Waals surface area contributed by atoms with Gasteiger partial charge in [0, 0.05) is 0 Å². The molecule has 22 heavy (non-hydrogen) atoms. The van der Waals surface area contributed by atoms with Crippen LogP contribution in [-0.2, 0) is 20.9 Å². The van der Waals surface area contributed by atoms with Crippen LogP contribution in [0.2, 0.25) is 0 Å². The second-order valence-corrected chi connectivity index (χ2v) is 4.90. The number of carbonyl (C=O) groups is 3. The van der Waals surface area contributed by atoms with Crippen molar-refractivity contribution in [3.8, 4) is 0 Å². The van der Waals surface area contributed by atoms with Gasteiger partial charge in [-0.3, -0.25) is 14.9 Å². The summed E-state index contributed by atoms with van der Waals surface area (Å²) >= 11 is 0. The number of hydrogen-bond donors (Lipinski definition) is 2. The number of carbonyl (C=O) groups excluding carboxylic acids is 3. The third kappa shape index (κ3) is 5.08. The van der Waals surface area contributed by atoms with Crippen LogP contribution in [0.4, 0.5) is 4.79 Å². The van der Waals surface area contributed by atoms with Crippen LogP contribution in [0.15, 0.2) is 35.0 Å². The Morgan fingerprint density at radius 1 is 1.32 bits per heavy atom. The molecule has 7 heteroatoms. The van der Waals surface area contributed by atoms with Gasteiger partial charge in [-0.1, -0.05) is 12.2 Å². The largest absolute Gasteiger partial charge is 0.467 e. The first-order valence-electron chi connectivity index (χ1n) is 7.07. The second kappa shape index (κ2) is 8.02. The van der Waals surface area contributed by atoms with E-state index in [-0.39, 0.29) is 12.5 Å². The minimum absolute atomic E-state index is 0.167. The van der Waals surface area contributed by atoms with Gasteiger partial charge in [-0.15, -0.1) is 0 Å². The topological polar surface area (TPSA) is 97.6 Å². The van der Waals surface area contributed by atoms with Crippen LogP contribution < -0.4 is 10.6 Å². The van der Waals surface area contributed by atoms with Crippen molar-refractivity contribution in [2.45, 2.75) is 25.8 Å². The standard InChI is InChI=1S/C15H18N2O5/c18-13(10-22-14(19)11-5-2-1-3-6-11)17-15(20)16-9-12-7-4-8-21-12/h1-2,4,7-8,11H,3,5-6,9-10H2,(H2,16,17,18,20)/t11-/m0/s1. The summed E-state index contributed by atoms with van der Waals surface area (Å²) in [6, 6.07) is 2.72. The maximum absolute atomic E-state index is 11.7. The van der Waals surface area contributed by atoms with Crippen LogP contribution in [0.1, 0.15) is 25.0 Å². The van der Waals surface area contributed by atoms with Crippen molar-refractivity contribution in [3.63, 3.8) is 0 Å². The van der Waals surface area contributed by atoms with Gasteiger partial charge in [0.2, 0.25) is 0 Å². The van der Waals surface area contributed by atoms with Gasteiger partial charge in [-0.2, -0.15) is 0 Å². The Morgan fingerprint density at radius 2 is 2.18 bits per heavy atom. The first-order chi connectivity index (χ1) is 10.6. The zero-order chi connectivity index (χ0) is 15.8. The molecule has 1 heterocycles. The van der Waals surface area contributed by atoms with Gasteiger partial charge in [0.25, 0.3) is 5.91 Å². The first-order valence-corrected chi connectivity index (χ1v) is 7.07. The Bertz CT molecular complexity index is 550. The van der Waals surface area contributed by atoms with Gasteiger partial charge in [0.15, 0.2) is 6.61 Å². The lowest BCUT2D eigenvalue weighted by Gasteiger charge is -2.16. The van der Waals surface area contributed by atoms with Crippen LogP contribution >= 0.6 is 0 Å². The third-order valence-corrected chi connectivity index (χ3v) is 3.20. The highest BCUT2D eigenvalue weighted by atomic mass is 16.5. The Hall–Kier alpha value is -2.57. The summed E-state index contributed by atoms with van der Waals surface area (Å²) in [5.74, 6) is -0.711. The van der Waals surface area contributed by atoms with Crippen LogP contribution in [-0.4, -0.2) is 24.5 Å². The number of allylic oxidation sites excluding steroid dienone is 2. The van der Waals surface area contributed by atoms with Crippen molar-refractivity contribution >= 4 is 17.9 Å². The second-order valence-electron chi connectivity index (χ2n) is 4.90. The van der Waals surface area contributed by atoms with E-state index in [4.69, 9.17) is 9.15 Å². The Morgan fingerprint density at radius 3 is 2.86 bits per heavy atom. The summed E-state index contributed by atoms with van der Waals surface area (Å²) < 4.78 is 9.94. The fourth-order valence-corrected chi connectivity index (χ4v) is 2.05. The fraction of sp³-hybridized carbons (Fsp3) is 0.400. The smallest absolute Gasteiger partial charge is 0.321 e.